The first-order valence-electron chi connectivity index (χ1n) is 3.21. The SMILES string of the molecule is Clc1nc(Br)nc2cccnc12. The third-order valence-electron chi connectivity index (χ3n) is 1.38. The predicted octanol–water partition coefficient (Wildman–Crippen LogP) is 2.44. The summed E-state index contributed by atoms with van der Waals surface area (Å²) in [6.45, 7) is 0. The van der Waals surface area contributed by atoms with Gasteiger partial charge in [-0.25, -0.2) is 9.97 Å². The summed E-state index contributed by atoms with van der Waals surface area (Å²) < 4.78 is 0.480. The molecule has 0 amide bonds. The van der Waals surface area contributed by atoms with E-state index in [9.17, 15) is 0 Å². The Bertz CT molecular complexity index is 432. The van der Waals surface area contributed by atoms with E-state index >= 15 is 0 Å². The predicted molar refractivity (Wildman–Crippen MR) is 50.0 cm³/mol. The third-order valence-corrected chi connectivity index (χ3v) is 2.00. The van der Waals surface area contributed by atoms with Crippen molar-refractivity contribution in [3.8, 4) is 0 Å². The van der Waals surface area contributed by atoms with Crippen LogP contribution in [0, 0.1) is 0 Å². The minimum absolute atomic E-state index is 0.368. The summed E-state index contributed by atoms with van der Waals surface area (Å²) in [7, 11) is 0. The summed E-state index contributed by atoms with van der Waals surface area (Å²) in [6, 6.07) is 3.64. The molecule has 2 aromatic rings. The molecule has 0 fully saturated rings. The Balaban J connectivity index is 2.89. The molecule has 0 spiro atoms. The number of fused-ring (bicyclic) bond motifs is 1. The van der Waals surface area contributed by atoms with Crippen molar-refractivity contribution in [3.63, 3.8) is 0 Å². The van der Waals surface area contributed by atoms with Crippen LogP contribution < -0.4 is 0 Å². The van der Waals surface area contributed by atoms with Crippen molar-refractivity contribution in [2.24, 2.45) is 0 Å². The molecular weight excluding hydrogens is 241 g/mol. The van der Waals surface area contributed by atoms with Gasteiger partial charge in [-0.15, -0.1) is 0 Å². The first kappa shape index (κ1) is 7.89. The molecular formula is C7H3BrClN3. The normalized spacial score (nSPS) is 10.5. The molecule has 3 nitrogen and oxygen atoms in total. The van der Waals surface area contributed by atoms with Gasteiger partial charge < -0.3 is 0 Å². The number of rotatable bonds is 0. The van der Waals surface area contributed by atoms with E-state index in [2.05, 4.69) is 30.9 Å². The second-order valence-corrected chi connectivity index (χ2v) is 3.22. The van der Waals surface area contributed by atoms with Crippen LogP contribution >= 0.6 is 27.5 Å². The molecule has 12 heavy (non-hydrogen) atoms. The lowest BCUT2D eigenvalue weighted by atomic mass is 10.4. The Labute approximate surface area is 81.9 Å². The number of hydrogen-bond donors (Lipinski definition) is 0. The molecule has 0 bridgehead atoms. The fourth-order valence-electron chi connectivity index (χ4n) is 0.904. The van der Waals surface area contributed by atoms with Crippen LogP contribution in [0.2, 0.25) is 5.15 Å². The molecule has 0 aliphatic carbocycles. The molecule has 2 rings (SSSR count). The minimum atomic E-state index is 0.368. The van der Waals surface area contributed by atoms with Crippen LogP contribution in [0.4, 0.5) is 0 Å². The van der Waals surface area contributed by atoms with Crippen molar-refractivity contribution in [2.45, 2.75) is 0 Å². The molecule has 2 heterocycles. The van der Waals surface area contributed by atoms with E-state index in [-0.39, 0.29) is 0 Å². The Morgan fingerprint density at radius 3 is 3.00 bits per heavy atom. The van der Waals surface area contributed by atoms with E-state index in [0.717, 1.165) is 5.52 Å². The number of pyridine rings is 1. The van der Waals surface area contributed by atoms with Crippen LogP contribution in [0.5, 0.6) is 0 Å². The highest BCUT2D eigenvalue weighted by Gasteiger charge is 2.03. The molecule has 0 saturated heterocycles. The number of aromatic nitrogens is 3. The molecule has 0 saturated carbocycles. The zero-order valence-electron chi connectivity index (χ0n) is 5.83. The lowest BCUT2D eigenvalue weighted by molar-refractivity contribution is 1.14. The van der Waals surface area contributed by atoms with E-state index < -0.39 is 0 Å². The van der Waals surface area contributed by atoms with Gasteiger partial charge in [-0.05, 0) is 28.1 Å². The van der Waals surface area contributed by atoms with Crippen LogP contribution in [0.3, 0.4) is 0 Å². The first-order chi connectivity index (χ1) is 5.77. The smallest absolute Gasteiger partial charge is 0.198 e. The average Bonchev–Trinajstić information content (AvgIpc) is 2.04. The van der Waals surface area contributed by atoms with E-state index in [4.69, 9.17) is 11.6 Å². The molecule has 60 valence electrons. The summed E-state index contributed by atoms with van der Waals surface area (Å²) in [4.78, 5) is 12.0. The molecule has 0 radical (unpaired) electrons. The van der Waals surface area contributed by atoms with E-state index in [0.29, 0.717) is 15.4 Å². The van der Waals surface area contributed by atoms with Gasteiger partial charge in [0.1, 0.15) is 5.52 Å². The van der Waals surface area contributed by atoms with Gasteiger partial charge >= 0.3 is 0 Å². The maximum atomic E-state index is 5.82. The summed E-state index contributed by atoms with van der Waals surface area (Å²) in [5, 5.41) is 0.368. The molecule has 0 aliphatic rings. The van der Waals surface area contributed by atoms with Gasteiger partial charge in [0.15, 0.2) is 9.89 Å². The Morgan fingerprint density at radius 1 is 1.33 bits per heavy atom. The first-order valence-corrected chi connectivity index (χ1v) is 4.38. The highest BCUT2D eigenvalue weighted by molar-refractivity contribution is 9.10. The van der Waals surface area contributed by atoms with Gasteiger partial charge in [-0.1, -0.05) is 11.6 Å². The second kappa shape index (κ2) is 2.95. The summed E-state index contributed by atoms with van der Waals surface area (Å²) >= 11 is 8.97. The summed E-state index contributed by atoms with van der Waals surface area (Å²) in [5.41, 5.74) is 1.37. The van der Waals surface area contributed by atoms with Gasteiger partial charge in [0, 0.05) is 6.20 Å². The van der Waals surface area contributed by atoms with E-state index in [1.807, 2.05) is 6.07 Å². The van der Waals surface area contributed by atoms with Crippen LogP contribution in [0.25, 0.3) is 11.0 Å². The lowest BCUT2D eigenvalue weighted by Gasteiger charge is -1.97. The summed E-state index contributed by atoms with van der Waals surface area (Å²) in [6.07, 6.45) is 1.66. The van der Waals surface area contributed by atoms with Crippen molar-refractivity contribution in [3.05, 3.63) is 28.2 Å². The zero-order chi connectivity index (χ0) is 8.55. The largest absolute Gasteiger partial charge is 0.251 e. The monoisotopic (exact) mass is 243 g/mol. The minimum Gasteiger partial charge on any atom is -0.251 e. The average molecular weight is 244 g/mol. The second-order valence-electron chi connectivity index (χ2n) is 2.15. The fraction of sp³-hybridized carbons (Fsp3) is 0. The number of hydrogen-bond acceptors (Lipinski definition) is 3. The Hall–Kier alpha value is -0.740. The van der Waals surface area contributed by atoms with Gasteiger partial charge in [0.2, 0.25) is 0 Å². The van der Waals surface area contributed by atoms with Gasteiger partial charge in [0.05, 0.1) is 5.52 Å². The number of halogens is 2. The van der Waals surface area contributed by atoms with E-state index in [1.165, 1.54) is 0 Å². The molecule has 0 aliphatic heterocycles. The molecule has 2 aromatic heterocycles. The van der Waals surface area contributed by atoms with Crippen LogP contribution in [0.1, 0.15) is 0 Å². The van der Waals surface area contributed by atoms with Crippen molar-refractivity contribution in [2.75, 3.05) is 0 Å². The highest BCUT2D eigenvalue weighted by Crippen LogP contribution is 2.18. The molecule has 0 aromatic carbocycles. The molecule has 5 heteroatoms. The number of nitrogens with zero attached hydrogens (tertiary/aromatic N) is 3. The Kier molecular flexibility index (Phi) is 1.94. The quantitative estimate of drug-likeness (QED) is 0.528. The molecule has 0 atom stereocenters. The van der Waals surface area contributed by atoms with E-state index in [1.54, 1.807) is 12.3 Å². The van der Waals surface area contributed by atoms with Crippen molar-refractivity contribution < 1.29 is 0 Å². The van der Waals surface area contributed by atoms with Crippen LogP contribution in [-0.2, 0) is 0 Å². The van der Waals surface area contributed by atoms with Crippen molar-refractivity contribution >= 4 is 38.6 Å². The summed E-state index contributed by atoms with van der Waals surface area (Å²) in [5.74, 6) is 0. The fourth-order valence-corrected chi connectivity index (χ4v) is 1.60. The van der Waals surface area contributed by atoms with Crippen LogP contribution in [-0.4, -0.2) is 15.0 Å². The maximum Gasteiger partial charge on any atom is 0.198 e. The topological polar surface area (TPSA) is 38.7 Å². The molecule has 0 unspecified atom stereocenters. The standard InChI is InChI=1S/C7H3BrClN3/c8-7-11-4-2-1-3-10-5(4)6(9)12-7/h1-3H. The van der Waals surface area contributed by atoms with Crippen molar-refractivity contribution in [1.29, 1.82) is 0 Å². The third kappa shape index (κ3) is 1.28. The lowest BCUT2D eigenvalue weighted by Crippen LogP contribution is -1.88. The van der Waals surface area contributed by atoms with Gasteiger partial charge in [0.25, 0.3) is 0 Å². The van der Waals surface area contributed by atoms with Crippen LogP contribution in [0.15, 0.2) is 23.1 Å². The van der Waals surface area contributed by atoms with Gasteiger partial charge in [-0.2, -0.15) is 0 Å². The maximum absolute atomic E-state index is 5.82. The molecule has 0 N–H and O–H groups in total. The van der Waals surface area contributed by atoms with Gasteiger partial charge in [-0.3, -0.25) is 4.98 Å². The zero-order valence-corrected chi connectivity index (χ0v) is 8.17. The van der Waals surface area contributed by atoms with Crippen molar-refractivity contribution in [1.82, 2.24) is 15.0 Å². The Morgan fingerprint density at radius 2 is 2.17 bits per heavy atom. The highest BCUT2D eigenvalue weighted by atomic mass is 79.9.